The maximum Gasteiger partial charge on any atom is 0.152 e. The Morgan fingerprint density at radius 3 is 2.75 bits per heavy atom. The summed E-state index contributed by atoms with van der Waals surface area (Å²) in [7, 11) is -2.97. The van der Waals surface area contributed by atoms with Gasteiger partial charge in [-0.3, -0.25) is 0 Å². The molecule has 1 aliphatic heterocycles. The molecule has 28 heavy (non-hydrogen) atoms. The Bertz CT molecular complexity index is 984. The molecule has 0 amide bonds. The van der Waals surface area contributed by atoms with Gasteiger partial charge in [-0.1, -0.05) is 29.8 Å². The number of halogens is 1. The van der Waals surface area contributed by atoms with Crippen LogP contribution in [0.1, 0.15) is 66.2 Å². The molecular formula is C21H28ClN3O2S. The van der Waals surface area contributed by atoms with Crippen LogP contribution in [0.15, 0.2) is 18.2 Å². The topological polar surface area (TPSA) is 64.0 Å². The molecule has 1 aliphatic carbocycles. The van der Waals surface area contributed by atoms with E-state index in [9.17, 15) is 8.42 Å². The van der Waals surface area contributed by atoms with Crippen LogP contribution in [0.4, 0.5) is 0 Å². The third kappa shape index (κ3) is 4.00. The summed E-state index contributed by atoms with van der Waals surface area (Å²) in [5.41, 5.74) is 6.09. The van der Waals surface area contributed by atoms with Crippen LogP contribution in [0.5, 0.6) is 0 Å². The molecule has 7 heteroatoms. The van der Waals surface area contributed by atoms with Gasteiger partial charge in [0.2, 0.25) is 0 Å². The molecule has 1 aromatic carbocycles. The summed E-state index contributed by atoms with van der Waals surface area (Å²) in [5.74, 6) is 0.349. The van der Waals surface area contributed by atoms with E-state index in [0.29, 0.717) is 18.1 Å². The maximum atomic E-state index is 11.8. The van der Waals surface area contributed by atoms with Gasteiger partial charge in [0.15, 0.2) is 9.84 Å². The fourth-order valence-corrected chi connectivity index (χ4v) is 6.43. The first kappa shape index (κ1) is 19.9. The van der Waals surface area contributed by atoms with E-state index in [-0.39, 0.29) is 23.6 Å². The zero-order valence-electron chi connectivity index (χ0n) is 16.5. The molecule has 5 nitrogen and oxygen atoms in total. The standard InChI is InChI=1S/C21H28ClN3O2S/c1-14(17-8-7-16-5-3-4-6-18(16)11-17)23-12-20-15(2)24-25(21(20)22)19-9-10-28(26,27)13-19/h7-8,11,14,19,23H,3-6,9-10,12-13H2,1-2H3. The lowest BCUT2D eigenvalue weighted by Gasteiger charge is -2.20. The zero-order chi connectivity index (χ0) is 19.9. The Balaban J connectivity index is 1.46. The normalized spacial score (nSPS) is 22.2. The van der Waals surface area contributed by atoms with Gasteiger partial charge in [0.1, 0.15) is 5.15 Å². The minimum Gasteiger partial charge on any atom is -0.306 e. The van der Waals surface area contributed by atoms with Crippen molar-refractivity contribution in [3.8, 4) is 0 Å². The SMILES string of the molecule is Cc1nn(C2CCS(=O)(=O)C2)c(Cl)c1CNC(C)c1ccc2c(c1)CCCC2. The molecule has 0 radical (unpaired) electrons. The number of rotatable bonds is 5. The third-order valence-corrected chi connectivity index (χ3v) is 8.31. The monoisotopic (exact) mass is 421 g/mol. The quantitative estimate of drug-likeness (QED) is 0.794. The number of benzene rings is 1. The molecule has 152 valence electrons. The molecule has 0 bridgehead atoms. The van der Waals surface area contributed by atoms with Gasteiger partial charge in [-0.15, -0.1) is 0 Å². The second-order valence-corrected chi connectivity index (χ2v) is 10.8. The Morgan fingerprint density at radius 2 is 2.04 bits per heavy atom. The van der Waals surface area contributed by atoms with Crippen molar-refractivity contribution in [2.75, 3.05) is 11.5 Å². The molecule has 2 heterocycles. The first-order valence-electron chi connectivity index (χ1n) is 10.1. The maximum absolute atomic E-state index is 11.8. The summed E-state index contributed by atoms with van der Waals surface area (Å²) in [5, 5.41) is 8.67. The van der Waals surface area contributed by atoms with Gasteiger partial charge in [-0.25, -0.2) is 13.1 Å². The van der Waals surface area contributed by atoms with E-state index in [2.05, 4.69) is 35.5 Å². The lowest BCUT2D eigenvalue weighted by molar-refractivity contribution is 0.497. The highest BCUT2D eigenvalue weighted by Gasteiger charge is 2.32. The summed E-state index contributed by atoms with van der Waals surface area (Å²) in [6.07, 6.45) is 5.54. The Kier molecular flexibility index (Phi) is 5.55. The van der Waals surface area contributed by atoms with E-state index in [0.717, 1.165) is 11.3 Å². The van der Waals surface area contributed by atoms with Crippen molar-refractivity contribution in [3.63, 3.8) is 0 Å². The van der Waals surface area contributed by atoms with Crippen LogP contribution in [0.25, 0.3) is 0 Å². The Morgan fingerprint density at radius 1 is 1.29 bits per heavy atom. The van der Waals surface area contributed by atoms with Crippen LogP contribution in [0.3, 0.4) is 0 Å². The third-order valence-electron chi connectivity index (χ3n) is 6.16. The molecule has 0 saturated carbocycles. The molecule has 1 fully saturated rings. The van der Waals surface area contributed by atoms with Gasteiger partial charge >= 0.3 is 0 Å². The lowest BCUT2D eigenvalue weighted by atomic mass is 9.89. The van der Waals surface area contributed by atoms with Crippen LogP contribution in [0, 0.1) is 6.92 Å². The summed E-state index contributed by atoms with van der Waals surface area (Å²) >= 11 is 6.59. The molecular weight excluding hydrogens is 394 g/mol. The molecule has 2 aromatic rings. The first-order valence-corrected chi connectivity index (χ1v) is 12.3. The number of hydrogen-bond acceptors (Lipinski definition) is 4. The van der Waals surface area contributed by atoms with Crippen LogP contribution in [-0.2, 0) is 29.2 Å². The van der Waals surface area contributed by atoms with Crippen molar-refractivity contribution >= 4 is 21.4 Å². The number of nitrogens with one attached hydrogen (secondary N) is 1. The fourth-order valence-electron chi connectivity index (χ4n) is 4.36. The van der Waals surface area contributed by atoms with Crippen molar-refractivity contribution in [1.82, 2.24) is 15.1 Å². The van der Waals surface area contributed by atoms with Crippen LogP contribution >= 0.6 is 11.6 Å². The van der Waals surface area contributed by atoms with Gasteiger partial charge in [-0.2, -0.15) is 5.10 Å². The van der Waals surface area contributed by atoms with Gasteiger partial charge < -0.3 is 5.32 Å². The molecule has 2 aliphatic rings. The number of nitrogens with zero attached hydrogens (tertiary/aromatic N) is 2. The van der Waals surface area contributed by atoms with Gasteiger partial charge in [-0.05, 0) is 62.6 Å². The van der Waals surface area contributed by atoms with E-state index in [1.165, 1.54) is 42.4 Å². The molecule has 1 saturated heterocycles. The van der Waals surface area contributed by atoms with Crippen LogP contribution in [-0.4, -0.2) is 29.7 Å². The fraction of sp³-hybridized carbons (Fsp3) is 0.571. The Hall–Kier alpha value is -1.37. The van der Waals surface area contributed by atoms with Crippen molar-refractivity contribution in [1.29, 1.82) is 0 Å². The highest BCUT2D eigenvalue weighted by atomic mass is 35.5. The van der Waals surface area contributed by atoms with Crippen molar-refractivity contribution in [2.24, 2.45) is 0 Å². The number of fused-ring (bicyclic) bond motifs is 1. The van der Waals surface area contributed by atoms with E-state index >= 15 is 0 Å². The second-order valence-electron chi connectivity index (χ2n) is 8.19. The smallest absolute Gasteiger partial charge is 0.152 e. The van der Waals surface area contributed by atoms with E-state index in [1.807, 2.05) is 6.92 Å². The number of sulfone groups is 1. The lowest BCUT2D eigenvalue weighted by Crippen LogP contribution is -2.19. The van der Waals surface area contributed by atoms with E-state index in [1.54, 1.807) is 4.68 Å². The van der Waals surface area contributed by atoms with Gasteiger partial charge in [0, 0.05) is 18.2 Å². The van der Waals surface area contributed by atoms with E-state index in [4.69, 9.17) is 11.6 Å². The van der Waals surface area contributed by atoms with Crippen molar-refractivity contribution in [2.45, 2.75) is 64.6 Å². The molecule has 1 aromatic heterocycles. The minimum absolute atomic E-state index is 0.131. The minimum atomic E-state index is -2.97. The molecule has 2 atom stereocenters. The van der Waals surface area contributed by atoms with Crippen LogP contribution < -0.4 is 5.32 Å². The van der Waals surface area contributed by atoms with Gasteiger partial charge in [0.05, 0.1) is 23.2 Å². The average molecular weight is 422 g/mol. The number of hydrogen-bond donors (Lipinski definition) is 1. The van der Waals surface area contributed by atoms with E-state index < -0.39 is 9.84 Å². The highest BCUT2D eigenvalue weighted by molar-refractivity contribution is 7.91. The van der Waals surface area contributed by atoms with Crippen molar-refractivity contribution in [3.05, 3.63) is 51.3 Å². The molecule has 0 spiro atoms. The predicted molar refractivity (Wildman–Crippen MR) is 113 cm³/mol. The second kappa shape index (κ2) is 7.81. The summed E-state index contributed by atoms with van der Waals surface area (Å²) in [6, 6.07) is 6.90. The first-order chi connectivity index (χ1) is 13.3. The van der Waals surface area contributed by atoms with Gasteiger partial charge in [0.25, 0.3) is 0 Å². The largest absolute Gasteiger partial charge is 0.306 e. The number of aromatic nitrogens is 2. The summed E-state index contributed by atoms with van der Waals surface area (Å²) in [6.45, 7) is 4.72. The summed E-state index contributed by atoms with van der Waals surface area (Å²) < 4.78 is 25.3. The van der Waals surface area contributed by atoms with Crippen LogP contribution in [0.2, 0.25) is 5.15 Å². The average Bonchev–Trinajstić information content (AvgIpc) is 3.18. The molecule has 1 N–H and O–H groups in total. The van der Waals surface area contributed by atoms with Crippen molar-refractivity contribution < 1.29 is 8.42 Å². The molecule has 4 rings (SSSR count). The summed E-state index contributed by atoms with van der Waals surface area (Å²) in [4.78, 5) is 0. The zero-order valence-corrected chi connectivity index (χ0v) is 18.1. The Labute approximate surface area is 172 Å². The molecule has 2 unspecified atom stereocenters. The number of aryl methyl sites for hydroxylation is 3. The predicted octanol–water partition coefficient (Wildman–Crippen LogP) is 3.93. The highest BCUT2D eigenvalue weighted by Crippen LogP contribution is 2.30.